The number of aromatic nitrogens is 2. The molecule has 1 aromatic carbocycles. The molecule has 0 amide bonds. The van der Waals surface area contributed by atoms with E-state index in [1.165, 1.54) is 32.1 Å². The molecule has 1 saturated carbocycles. The third-order valence-electron chi connectivity index (χ3n) is 3.38. The molecule has 1 aliphatic carbocycles. The van der Waals surface area contributed by atoms with Gasteiger partial charge in [-0.2, -0.15) is 0 Å². The van der Waals surface area contributed by atoms with Gasteiger partial charge in [0.1, 0.15) is 0 Å². The molecule has 1 aliphatic rings. The first-order valence-electron chi connectivity index (χ1n) is 6.57. The van der Waals surface area contributed by atoms with Crippen molar-refractivity contribution >= 4 is 6.01 Å². The van der Waals surface area contributed by atoms with Gasteiger partial charge in [-0.3, -0.25) is 0 Å². The summed E-state index contributed by atoms with van der Waals surface area (Å²) in [5.41, 5.74) is 0.960. The first kappa shape index (κ1) is 11.3. The zero-order valence-corrected chi connectivity index (χ0v) is 10.3. The lowest BCUT2D eigenvalue weighted by molar-refractivity contribution is 0.449. The maximum absolute atomic E-state index is 5.64. The quantitative estimate of drug-likeness (QED) is 0.896. The molecule has 3 rings (SSSR count). The molecule has 4 nitrogen and oxygen atoms in total. The molecule has 0 spiro atoms. The lowest BCUT2D eigenvalue weighted by Gasteiger charge is -2.21. The van der Waals surface area contributed by atoms with Crippen LogP contribution < -0.4 is 5.32 Å². The van der Waals surface area contributed by atoms with E-state index < -0.39 is 0 Å². The highest BCUT2D eigenvalue weighted by molar-refractivity contribution is 5.52. The number of rotatable bonds is 3. The second kappa shape index (κ2) is 5.21. The minimum absolute atomic E-state index is 0.489. The van der Waals surface area contributed by atoms with E-state index in [2.05, 4.69) is 15.5 Å². The average molecular weight is 243 g/mol. The molecule has 1 aromatic heterocycles. The van der Waals surface area contributed by atoms with Crippen molar-refractivity contribution in [2.45, 2.75) is 38.1 Å². The van der Waals surface area contributed by atoms with Crippen LogP contribution in [0.3, 0.4) is 0 Å². The van der Waals surface area contributed by atoms with Gasteiger partial charge >= 0.3 is 6.01 Å². The molecule has 1 heterocycles. The molecule has 94 valence electrons. The van der Waals surface area contributed by atoms with Crippen LogP contribution in [0.25, 0.3) is 11.5 Å². The summed E-state index contributed by atoms with van der Waals surface area (Å²) in [6.07, 6.45) is 6.32. The molecule has 0 unspecified atom stereocenters. The van der Waals surface area contributed by atoms with Gasteiger partial charge in [-0.05, 0) is 25.0 Å². The summed E-state index contributed by atoms with van der Waals surface area (Å²) < 4.78 is 5.64. The number of benzene rings is 1. The fraction of sp³-hybridized carbons (Fsp3) is 0.429. The van der Waals surface area contributed by atoms with Crippen LogP contribution in [0.2, 0.25) is 0 Å². The zero-order chi connectivity index (χ0) is 12.2. The van der Waals surface area contributed by atoms with E-state index in [0.717, 1.165) is 5.56 Å². The van der Waals surface area contributed by atoms with E-state index in [1.807, 2.05) is 30.3 Å². The van der Waals surface area contributed by atoms with Crippen LogP contribution >= 0.6 is 0 Å². The zero-order valence-electron chi connectivity index (χ0n) is 10.3. The summed E-state index contributed by atoms with van der Waals surface area (Å²) in [7, 11) is 0. The van der Waals surface area contributed by atoms with Crippen molar-refractivity contribution in [3.63, 3.8) is 0 Å². The summed E-state index contributed by atoms with van der Waals surface area (Å²) >= 11 is 0. The number of anilines is 1. The van der Waals surface area contributed by atoms with Crippen molar-refractivity contribution in [2.24, 2.45) is 0 Å². The van der Waals surface area contributed by atoms with Gasteiger partial charge in [-0.25, -0.2) is 0 Å². The Morgan fingerprint density at radius 2 is 1.78 bits per heavy atom. The van der Waals surface area contributed by atoms with E-state index in [-0.39, 0.29) is 0 Å². The Hall–Kier alpha value is -1.84. The maximum atomic E-state index is 5.64. The number of nitrogens with zero attached hydrogens (tertiary/aromatic N) is 2. The highest BCUT2D eigenvalue weighted by Crippen LogP contribution is 2.23. The van der Waals surface area contributed by atoms with Crippen molar-refractivity contribution < 1.29 is 4.42 Å². The van der Waals surface area contributed by atoms with Crippen molar-refractivity contribution in [1.82, 2.24) is 10.2 Å². The lowest BCUT2D eigenvalue weighted by Crippen LogP contribution is -2.22. The molecule has 1 fully saturated rings. The van der Waals surface area contributed by atoms with Gasteiger partial charge in [-0.15, -0.1) is 5.10 Å². The number of hydrogen-bond acceptors (Lipinski definition) is 4. The maximum Gasteiger partial charge on any atom is 0.315 e. The Balaban J connectivity index is 1.69. The first-order chi connectivity index (χ1) is 8.92. The van der Waals surface area contributed by atoms with Crippen LogP contribution in [-0.4, -0.2) is 16.2 Å². The number of hydrogen-bond donors (Lipinski definition) is 1. The van der Waals surface area contributed by atoms with Crippen LogP contribution in [0.5, 0.6) is 0 Å². The topological polar surface area (TPSA) is 51.0 Å². The fourth-order valence-corrected chi connectivity index (χ4v) is 2.40. The minimum Gasteiger partial charge on any atom is -0.403 e. The second-order valence-electron chi connectivity index (χ2n) is 4.76. The first-order valence-corrected chi connectivity index (χ1v) is 6.57. The molecule has 1 N–H and O–H groups in total. The van der Waals surface area contributed by atoms with E-state index in [0.29, 0.717) is 17.9 Å². The molecule has 0 aliphatic heterocycles. The fourth-order valence-electron chi connectivity index (χ4n) is 2.40. The summed E-state index contributed by atoms with van der Waals surface area (Å²) in [6, 6.07) is 10.9. The van der Waals surface area contributed by atoms with Gasteiger partial charge in [0.25, 0.3) is 0 Å². The van der Waals surface area contributed by atoms with Gasteiger partial charge < -0.3 is 9.73 Å². The van der Waals surface area contributed by atoms with Crippen LogP contribution in [-0.2, 0) is 0 Å². The SMILES string of the molecule is c1ccc(-c2nnc(NC3CCCCC3)o2)cc1. The standard InChI is InChI=1S/C14H17N3O/c1-3-7-11(8-4-1)13-16-17-14(18-13)15-12-9-5-2-6-10-12/h1,3-4,7-8,12H,2,5-6,9-10H2,(H,15,17). The summed E-state index contributed by atoms with van der Waals surface area (Å²) in [5.74, 6) is 0.578. The van der Waals surface area contributed by atoms with Crippen molar-refractivity contribution in [3.05, 3.63) is 30.3 Å². The Bertz CT molecular complexity index is 489. The highest BCUT2D eigenvalue weighted by Gasteiger charge is 2.16. The Morgan fingerprint density at radius 3 is 2.56 bits per heavy atom. The van der Waals surface area contributed by atoms with Gasteiger partial charge in [0.15, 0.2) is 0 Å². The van der Waals surface area contributed by atoms with Crippen molar-refractivity contribution in [3.8, 4) is 11.5 Å². The normalized spacial score (nSPS) is 16.7. The third-order valence-corrected chi connectivity index (χ3v) is 3.38. The summed E-state index contributed by atoms with van der Waals surface area (Å²) in [5, 5.41) is 11.5. The Kier molecular flexibility index (Phi) is 3.26. The third kappa shape index (κ3) is 2.53. The van der Waals surface area contributed by atoms with Crippen molar-refractivity contribution in [1.29, 1.82) is 0 Å². The van der Waals surface area contributed by atoms with Gasteiger partial charge in [0.05, 0.1) is 0 Å². The largest absolute Gasteiger partial charge is 0.403 e. The van der Waals surface area contributed by atoms with E-state index in [1.54, 1.807) is 0 Å². The molecule has 0 radical (unpaired) electrons. The Labute approximate surface area is 106 Å². The number of nitrogens with one attached hydrogen (secondary N) is 1. The Morgan fingerprint density at radius 1 is 1.00 bits per heavy atom. The molecule has 4 heteroatoms. The minimum atomic E-state index is 0.489. The highest BCUT2D eigenvalue weighted by atomic mass is 16.4. The predicted octanol–water partition coefficient (Wildman–Crippen LogP) is 3.48. The molecule has 0 saturated heterocycles. The molecule has 2 aromatic rings. The van der Waals surface area contributed by atoms with E-state index in [4.69, 9.17) is 4.42 Å². The van der Waals surface area contributed by atoms with Gasteiger partial charge in [0, 0.05) is 11.6 Å². The molecule has 18 heavy (non-hydrogen) atoms. The molecular formula is C14H17N3O. The second-order valence-corrected chi connectivity index (χ2v) is 4.76. The van der Waals surface area contributed by atoms with Crippen LogP contribution in [0.4, 0.5) is 6.01 Å². The smallest absolute Gasteiger partial charge is 0.315 e. The molecule has 0 atom stereocenters. The lowest BCUT2D eigenvalue weighted by atomic mass is 9.96. The monoisotopic (exact) mass is 243 g/mol. The van der Waals surface area contributed by atoms with E-state index >= 15 is 0 Å². The van der Waals surface area contributed by atoms with Crippen LogP contribution in [0.15, 0.2) is 34.7 Å². The molecular weight excluding hydrogens is 226 g/mol. The van der Waals surface area contributed by atoms with Gasteiger partial charge in [0.2, 0.25) is 5.89 Å². The van der Waals surface area contributed by atoms with Crippen molar-refractivity contribution in [2.75, 3.05) is 5.32 Å². The van der Waals surface area contributed by atoms with Crippen LogP contribution in [0, 0.1) is 0 Å². The summed E-state index contributed by atoms with van der Waals surface area (Å²) in [6.45, 7) is 0. The predicted molar refractivity (Wildman–Crippen MR) is 70.2 cm³/mol. The molecule has 0 bridgehead atoms. The summed E-state index contributed by atoms with van der Waals surface area (Å²) in [4.78, 5) is 0. The van der Waals surface area contributed by atoms with Gasteiger partial charge in [-0.1, -0.05) is 42.6 Å². The van der Waals surface area contributed by atoms with E-state index in [9.17, 15) is 0 Å². The van der Waals surface area contributed by atoms with Crippen LogP contribution in [0.1, 0.15) is 32.1 Å². The average Bonchev–Trinajstić information content (AvgIpc) is 2.89.